The van der Waals surface area contributed by atoms with Gasteiger partial charge in [-0.1, -0.05) is 5.16 Å². The molecule has 0 fully saturated rings. The molecule has 0 atom stereocenters. The Labute approximate surface area is 146 Å². The highest BCUT2D eigenvalue weighted by Gasteiger charge is 2.49. The molecule has 0 radical (unpaired) electrons. The fourth-order valence-corrected chi connectivity index (χ4v) is 2.79. The third-order valence-corrected chi connectivity index (χ3v) is 4.60. The third kappa shape index (κ3) is 2.96. The van der Waals surface area contributed by atoms with Crippen LogP contribution in [0.15, 0.2) is 41.6 Å². The molecule has 0 saturated carbocycles. The van der Waals surface area contributed by atoms with Crippen molar-refractivity contribution in [2.75, 3.05) is 14.2 Å². The van der Waals surface area contributed by atoms with E-state index in [1.165, 1.54) is 14.2 Å². The molecule has 10 heteroatoms. The fourth-order valence-electron chi connectivity index (χ4n) is 2.53. The van der Waals surface area contributed by atoms with E-state index in [-0.39, 0.29) is 5.71 Å². The lowest BCUT2D eigenvalue weighted by Gasteiger charge is -2.06. The maximum Gasteiger partial charge on any atom is 0.536 e. The Bertz CT molecular complexity index is 944. The summed E-state index contributed by atoms with van der Waals surface area (Å²) < 4.78 is 73.9. The zero-order chi connectivity index (χ0) is 19.1. The summed E-state index contributed by atoms with van der Waals surface area (Å²) in [6.45, 7) is 0. The van der Waals surface area contributed by atoms with Gasteiger partial charge in [0.05, 0.1) is 14.2 Å². The minimum Gasteiger partial charge on any atom is -0.497 e. The minimum atomic E-state index is -5.85. The van der Waals surface area contributed by atoms with Gasteiger partial charge >= 0.3 is 15.6 Å². The van der Waals surface area contributed by atoms with E-state index in [9.17, 15) is 21.6 Å². The van der Waals surface area contributed by atoms with Crippen molar-refractivity contribution in [1.29, 1.82) is 0 Å². The molecule has 0 aliphatic heterocycles. The van der Waals surface area contributed by atoms with Crippen LogP contribution in [0.3, 0.4) is 0 Å². The molecule has 0 heterocycles. The van der Waals surface area contributed by atoms with Gasteiger partial charge in [0.25, 0.3) is 0 Å². The van der Waals surface area contributed by atoms with Crippen molar-refractivity contribution in [2.45, 2.75) is 5.51 Å². The number of rotatable bonds is 4. The van der Waals surface area contributed by atoms with Crippen LogP contribution in [0.2, 0.25) is 0 Å². The molecule has 0 unspecified atom stereocenters. The average Bonchev–Trinajstić information content (AvgIpc) is 2.91. The first-order valence-electron chi connectivity index (χ1n) is 7.13. The number of methoxy groups -OCH3 is 2. The van der Waals surface area contributed by atoms with Gasteiger partial charge in [-0.2, -0.15) is 21.6 Å². The van der Waals surface area contributed by atoms with Crippen molar-refractivity contribution in [3.63, 3.8) is 0 Å². The third-order valence-electron chi connectivity index (χ3n) is 3.76. The number of oxime groups is 1. The van der Waals surface area contributed by atoms with Crippen LogP contribution in [0.25, 0.3) is 11.1 Å². The Morgan fingerprint density at radius 2 is 1.31 bits per heavy atom. The monoisotopic (exact) mass is 387 g/mol. The highest BCUT2D eigenvalue weighted by molar-refractivity contribution is 7.87. The molecule has 2 aromatic carbocycles. The number of halogens is 3. The predicted octanol–water partition coefficient (Wildman–Crippen LogP) is 3.30. The van der Waals surface area contributed by atoms with E-state index in [1.807, 2.05) is 0 Å². The predicted molar refractivity (Wildman–Crippen MR) is 86.7 cm³/mol. The second-order valence-corrected chi connectivity index (χ2v) is 6.76. The van der Waals surface area contributed by atoms with E-state index in [4.69, 9.17) is 9.47 Å². The summed E-state index contributed by atoms with van der Waals surface area (Å²) in [4.78, 5) is 0. The smallest absolute Gasteiger partial charge is 0.497 e. The Kier molecular flexibility index (Phi) is 4.31. The summed E-state index contributed by atoms with van der Waals surface area (Å²) in [5.74, 6) is 1.03. The molecular formula is C16H12F3NO5S. The second kappa shape index (κ2) is 6.20. The maximum atomic E-state index is 12.5. The topological polar surface area (TPSA) is 74.2 Å². The standard InChI is InChI=1S/C16H12F3NO5S/c1-23-9-3-5-11-13(7-9)14-8-10(24-2)4-6-12(14)15(11)20-25-26(21,22)16(17,18)19/h3-8H,1-2H3. The summed E-state index contributed by atoms with van der Waals surface area (Å²) in [6.07, 6.45) is 0. The highest BCUT2D eigenvalue weighted by Crippen LogP contribution is 2.41. The quantitative estimate of drug-likeness (QED) is 0.507. The Hall–Kier alpha value is -2.75. The van der Waals surface area contributed by atoms with Gasteiger partial charge in [0.15, 0.2) is 0 Å². The van der Waals surface area contributed by atoms with Crippen molar-refractivity contribution >= 4 is 15.8 Å². The summed E-state index contributed by atoms with van der Waals surface area (Å²) in [5, 5.41) is 3.28. The number of alkyl halides is 3. The molecule has 2 aromatic rings. The molecule has 26 heavy (non-hydrogen) atoms. The molecule has 0 aromatic heterocycles. The molecule has 0 amide bonds. The van der Waals surface area contributed by atoms with Gasteiger partial charge in [0.1, 0.15) is 17.2 Å². The van der Waals surface area contributed by atoms with Crippen LogP contribution >= 0.6 is 0 Å². The summed E-state index contributed by atoms with van der Waals surface area (Å²) in [5.41, 5.74) is -3.58. The van der Waals surface area contributed by atoms with Crippen LogP contribution in [0, 0.1) is 0 Å². The van der Waals surface area contributed by atoms with Crippen LogP contribution in [0.1, 0.15) is 11.1 Å². The highest BCUT2D eigenvalue weighted by atomic mass is 32.2. The Balaban J connectivity index is 2.15. The lowest BCUT2D eigenvalue weighted by Crippen LogP contribution is -2.24. The molecule has 6 nitrogen and oxygen atoms in total. The molecule has 3 rings (SSSR count). The summed E-state index contributed by atoms with van der Waals surface area (Å²) in [6, 6.07) is 9.60. The molecule has 0 bridgehead atoms. The fraction of sp³-hybridized carbons (Fsp3) is 0.188. The van der Waals surface area contributed by atoms with E-state index in [0.29, 0.717) is 33.8 Å². The van der Waals surface area contributed by atoms with Crippen LogP contribution in [-0.2, 0) is 14.4 Å². The number of fused-ring (bicyclic) bond motifs is 3. The average molecular weight is 387 g/mol. The molecule has 138 valence electrons. The van der Waals surface area contributed by atoms with E-state index in [2.05, 4.69) is 9.44 Å². The first kappa shape index (κ1) is 18.1. The minimum absolute atomic E-state index is 0.0341. The molecule has 0 N–H and O–H groups in total. The van der Waals surface area contributed by atoms with Crippen LogP contribution in [-0.4, -0.2) is 33.9 Å². The molecule has 0 spiro atoms. The van der Waals surface area contributed by atoms with E-state index in [1.54, 1.807) is 36.4 Å². The SMILES string of the molecule is COc1ccc2c(c1)-c1cc(OC)ccc1C2=NOS(=O)(=O)C(F)(F)F. The van der Waals surface area contributed by atoms with Gasteiger partial charge in [-0.25, -0.2) is 0 Å². The lowest BCUT2D eigenvalue weighted by molar-refractivity contribution is -0.0540. The normalized spacial score (nSPS) is 13.0. The van der Waals surface area contributed by atoms with Gasteiger partial charge in [-0.05, 0) is 47.5 Å². The number of hydrogen-bond acceptors (Lipinski definition) is 6. The second-order valence-electron chi connectivity index (χ2n) is 5.24. The van der Waals surface area contributed by atoms with Gasteiger partial charge in [0.2, 0.25) is 0 Å². The molecule has 0 saturated heterocycles. The van der Waals surface area contributed by atoms with E-state index in [0.717, 1.165) is 0 Å². The number of benzene rings is 2. The zero-order valence-corrected chi connectivity index (χ0v) is 14.3. The number of hydrogen-bond donors (Lipinski definition) is 0. The van der Waals surface area contributed by atoms with Crippen molar-refractivity contribution in [3.8, 4) is 22.6 Å². The zero-order valence-electron chi connectivity index (χ0n) is 13.5. The number of ether oxygens (including phenoxy) is 2. The molecular weight excluding hydrogens is 375 g/mol. The lowest BCUT2D eigenvalue weighted by atomic mass is 10.1. The Morgan fingerprint density at radius 1 is 0.846 bits per heavy atom. The van der Waals surface area contributed by atoms with E-state index >= 15 is 0 Å². The molecule has 1 aliphatic rings. The van der Waals surface area contributed by atoms with Gasteiger partial charge < -0.3 is 9.47 Å². The Morgan fingerprint density at radius 3 is 1.69 bits per heavy atom. The van der Waals surface area contributed by atoms with Crippen LogP contribution in [0.5, 0.6) is 11.5 Å². The summed E-state index contributed by atoms with van der Waals surface area (Å²) in [7, 11) is -2.91. The largest absolute Gasteiger partial charge is 0.536 e. The van der Waals surface area contributed by atoms with Crippen molar-refractivity contribution in [3.05, 3.63) is 47.5 Å². The first-order valence-corrected chi connectivity index (χ1v) is 8.54. The van der Waals surface area contributed by atoms with Crippen molar-refractivity contribution in [2.24, 2.45) is 5.16 Å². The first-order chi connectivity index (χ1) is 12.2. The maximum absolute atomic E-state index is 12.5. The van der Waals surface area contributed by atoms with Gasteiger partial charge in [-0.3, -0.25) is 4.28 Å². The van der Waals surface area contributed by atoms with E-state index < -0.39 is 15.6 Å². The molecule has 1 aliphatic carbocycles. The summed E-state index contributed by atoms with van der Waals surface area (Å²) >= 11 is 0. The van der Waals surface area contributed by atoms with Crippen LogP contribution in [0.4, 0.5) is 13.2 Å². The van der Waals surface area contributed by atoms with Gasteiger partial charge in [-0.15, -0.1) is 0 Å². The van der Waals surface area contributed by atoms with Gasteiger partial charge in [0, 0.05) is 11.1 Å². The van der Waals surface area contributed by atoms with Crippen molar-refractivity contribution in [1.82, 2.24) is 0 Å². The number of nitrogens with zero attached hydrogens (tertiary/aromatic N) is 1. The van der Waals surface area contributed by atoms with Crippen molar-refractivity contribution < 1.29 is 35.3 Å². The van der Waals surface area contributed by atoms with Crippen LogP contribution < -0.4 is 9.47 Å².